The Hall–Kier alpha value is -0.130. The minimum absolute atomic E-state index is 0.291. The Bertz CT molecular complexity index is 519. The fourth-order valence-corrected chi connectivity index (χ4v) is 3.51. The molecule has 1 aromatic carbocycles. The Morgan fingerprint density at radius 2 is 2.00 bits per heavy atom. The molecule has 0 saturated heterocycles. The van der Waals surface area contributed by atoms with Crippen molar-refractivity contribution < 1.29 is 4.39 Å². The van der Waals surface area contributed by atoms with Crippen LogP contribution in [-0.4, -0.2) is 0 Å². The van der Waals surface area contributed by atoms with Gasteiger partial charge in [-0.15, -0.1) is 11.3 Å². The Morgan fingerprint density at radius 3 is 2.53 bits per heavy atom. The van der Waals surface area contributed by atoms with Gasteiger partial charge in [-0.1, -0.05) is 29.3 Å². The van der Waals surface area contributed by atoms with Crippen LogP contribution < -0.4 is 5.73 Å². The van der Waals surface area contributed by atoms with Gasteiger partial charge in [-0.2, -0.15) is 0 Å². The molecule has 0 spiro atoms. The van der Waals surface area contributed by atoms with Crippen LogP contribution >= 0.6 is 50.5 Å². The second-order valence-corrected chi connectivity index (χ2v) is 6.60. The minimum atomic E-state index is -0.613. The first-order chi connectivity index (χ1) is 8.00. The van der Waals surface area contributed by atoms with Crippen molar-refractivity contribution in [1.82, 2.24) is 0 Å². The summed E-state index contributed by atoms with van der Waals surface area (Å²) in [6, 6.07) is 5.60. The zero-order valence-electron chi connectivity index (χ0n) is 8.38. The molecule has 0 aliphatic rings. The van der Waals surface area contributed by atoms with Crippen LogP contribution in [0, 0.1) is 5.82 Å². The van der Waals surface area contributed by atoms with Crippen molar-refractivity contribution in [2.75, 3.05) is 0 Å². The molecule has 1 nitrogen and oxygen atoms in total. The van der Waals surface area contributed by atoms with Crippen LogP contribution in [0.5, 0.6) is 0 Å². The largest absolute Gasteiger partial charge is 0.319 e. The molecule has 0 amide bonds. The summed E-state index contributed by atoms with van der Waals surface area (Å²) >= 11 is 16.5. The first-order valence-electron chi connectivity index (χ1n) is 4.65. The van der Waals surface area contributed by atoms with Crippen molar-refractivity contribution in [2.45, 2.75) is 6.04 Å². The van der Waals surface area contributed by atoms with Crippen LogP contribution in [-0.2, 0) is 0 Å². The predicted molar refractivity (Wildman–Crippen MR) is 74.5 cm³/mol. The van der Waals surface area contributed by atoms with Crippen LogP contribution in [0.3, 0.4) is 0 Å². The van der Waals surface area contributed by atoms with Crippen molar-refractivity contribution in [3.8, 4) is 0 Å². The summed E-state index contributed by atoms with van der Waals surface area (Å²) in [4.78, 5) is 0.758. The van der Waals surface area contributed by atoms with Gasteiger partial charge in [0.05, 0.1) is 14.9 Å². The van der Waals surface area contributed by atoms with Gasteiger partial charge in [0.1, 0.15) is 5.82 Å². The standard InChI is InChI=1S/C11H7BrCl2FNS/c12-11-6(14)4-8(17-11)10(16)9-5(13)2-1-3-7(9)15/h1-4,10H,16H2. The molecule has 0 radical (unpaired) electrons. The molecule has 2 N–H and O–H groups in total. The van der Waals surface area contributed by atoms with Crippen LogP contribution in [0.4, 0.5) is 4.39 Å². The number of hydrogen-bond donors (Lipinski definition) is 1. The summed E-state index contributed by atoms with van der Waals surface area (Å²) in [6.07, 6.45) is 0. The van der Waals surface area contributed by atoms with E-state index in [0.717, 1.165) is 8.66 Å². The quantitative estimate of drug-likeness (QED) is 0.806. The highest BCUT2D eigenvalue weighted by Gasteiger charge is 2.19. The van der Waals surface area contributed by atoms with Crippen LogP contribution in [0.15, 0.2) is 28.1 Å². The highest BCUT2D eigenvalue weighted by Crippen LogP contribution is 2.38. The normalized spacial score (nSPS) is 12.8. The Kier molecular flexibility index (Phi) is 4.10. The molecule has 1 heterocycles. The van der Waals surface area contributed by atoms with Crippen molar-refractivity contribution in [2.24, 2.45) is 5.73 Å². The third kappa shape index (κ3) is 2.66. The molecule has 0 fully saturated rings. The van der Waals surface area contributed by atoms with Crippen LogP contribution in [0.2, 0.25) is 10.0 Å². The molecule has 0 aliphatic carbocycles. The summed E-state index contributed by atoms with van der Waals surface area (Å²) in [5.74, 6) is -0.411. The Balaban J connectivity index is 2.47. The monoisotopic (exact) mass is 353 g/mol. The molecule has 0 aliphatic heterocycles. The van der Waals surface area contributed by atoms with E-state index in [0.29, 0.717) is 15.6 Å². The van der Waals surface area contributed by atoms with Crippen molar-refractivity contribution >= 4 is 50.5 Å². The van der Waals surface area contributed by atoms with E-state index >= 15 is 0 Å². The fraction of sp³-hybridized carbons (Fsp3) is 0.0909. The molecule has 0 bridgehead atoms. The highest BCUT2D eigenvalue weighted by atomic mass is 79.9. The molecule has 90 valence electrons. The van der Waals surface area contributed by atoms with E-state index in [4.69, 9.17) is 28.9 Å². The number of rotatable bonds is 2. The molecule has 6 heteroatoms. The van der Waals surface area contributed by atoms with Gasteiger partial charge >= 0.3 is 0 Å². The van der Waals surface area contributed by atoms with Crippen LogP contribution in [0.25, 0.3) is 0 Å². The van der Waals surface area contributed by atoms with Gasteiger partial charge in [-0.05, 0) is 34.1 Å². The molecule has 2 aromatic rings. The van der Waals surface area contributed by atoms with E-state index in [-0.39, 0.29) is 0 Å². The lowest BCUT2D eigenvalue weighted by Gasteiger charge is -2.12. The first-order valence-corrected chi connectivity index (χ1v) is 7.01. The van der Waals surface area contributed by atoms with Gasteiger partial charge in [0.15, 0.2) is 0 Å². The maximum atomic E-state index is 13.7. The minimum Gasteiger partial charge on any atom is -0.319 e. The lowest BCUT2D eigenvalue weighted by molar-refractivity contribution is 0.601. The summed E-state index contributed by atoms with van der Waals surface area (Å²) in [6.45, 7) is 0. The summed E-state index contributed by atoms with van der Waals surface area (Å²) in [5, 5.41) is 0.881. The zero-order valence-corrected chi connectivity index (χ0v) is 12.3. The Morgan fingerprint density at radius 1 is 1.29 bits per heavy atom. The maximum Gasteiger partial charge on any atom is 0.129 e. The lowest BCUT2D eigenvalue weighted by atomic mass is 10.1. The third-order valence-corrected chi connectivity index (χ3v) is 5.17. The van der Waals surface area contributed by atoms with Gasteiger partial charge < -0.3 is 5.73 Å². The van der Waals surface area contributed by atoms with Crippen molar-refractivity contribution in [1.29, 1.82) is 0 Å². The molecule has 1 aromatic heterocycles. The number of halogens is 4. The lowest BCUT2D eigenvalue weighted by Crippen LogP contribution is -2.12. The number of benzene rings is 1. The zero-order chi connectivity index (χ0) is 12.6. The maximum absolute atomic E-state index is 13.7. The molecular weight excluding hydrogens is 348 g/mol. The fourth-order valence-electron chi connectivity index (χ4n) is 1.47. The van der Waals surface area contributed by atoms with E-state index < -0.39 is 11.9 Å². The van der Waals surface area contributed by atoms with Gasteiger partial charge in [-0.25, -0.2) is 4.39 Å². The average molecular weight is 355 g/mol. The van der Waals surface area contributed by atoms with Gasteiger partial charge in [-0.3, -0.25) is 0 Å². The van der Waals surface area contributed by atoms with E-state index in [1.165, 1.54) is 17.4 Å². The summed E-state index contributed by atoms with van der Waals surface area (Å²) < 4.78 is 14.5. The molecule has 17 heavy (non-hydrogen) atoms. The predicted octanol–water partition coefficient (Wildman–Crippen LogP) is 5.00. The third-order valence-electron chi connectivity index (χ3n) is 2.28. The van der Waals surface area contributed by atoms with Gasteiger partial charge in [0.25, 0.3) is 0 Å². The summed E-state index contributed by atoms with van der Waals surface area (Å²) in [7, 11) is 0. The average Bonchev–Trinajstić information content (AvgIpc) is 2.59. The first kappa shape index (κ1) is 13.3. The second-order valence-electron chi connectivity index (χ2n) is 3.38. The molecular formula is C11H7BrCl2FNS. The van der Waals surface area contributed by atoms with Crippen molar-refractivity contribution in [3.05, 3.63) is 54.4 Å². The second kappa shape index (κ2) is 5.24. The highest BCUT2D eigenvalue weighted by molar-refractivity contribution is 9.11. The smallest absolute Gasteiger partial charge is 0.129 e. The van der Waals surface area contributed by atoms with Crippen LogP contribution in [0.1, 0.15) is 16.5 Å². The van der Waals surface area contributed by atoms with Gasteiger partial charge in [0.2, 0.25) is 0 Å². The molecule has 2 rings (SSSR count). The topological polar surface area (TPSA) is 26.0 Å². The number of thiophene rings is 1. The SMILES string of the molecule is NC(c1cc(Cl)c(Br)s1)c1c(F)cccc1Cl. The van der Waals surface area contributed by atoms with Crippen molar-refractivity contribution in [3.63, 3.8) is 0 Å². The number of nitrogens with two attached hydrogens (primary N) is 1. The van der Waals surface area contributed by atoms with E-state index in [2.05, 4.69) is 15.9 Å². The molecule has 0 saturated carbocycles. The summed E-state index contributed by atoms with van der Waals surface area (Å²) in [5.41, 5.74) is 6.30. The van der Waals surface area contributed by atoms with E-state index in [1.54, 1.807) is 18.2 Å². The van der Waals surface area contributed by atoms with E-state index in [1.807, 2.05) is 0 Å². The Labute approximate surface area is 120 Å². The molecule has 1 atom stereocenters. The number of hydrogen-bond acceptors (Lipinski definition) is 2. The van der Waals surface area contributed by atoms with Gasteiger partial charge in [0, 0.05) is 15.5 Å². The van der Waals surface area contributed by atoms with E-state index in [9.17, 15) is 4.39 Å². The molecule has 1 unspecified atom stereocenters.